The van der Waals surface area contributed by atoms with Gasteiger partial charge in [0.05, 0.1) is 5.71 Å². The van der Waals surface area contributed by atoms with E-state index in [-0.39, 0.29) is 0 Å². The lowest BCUT2D eigenvalue weighted by molar-refractivity contribution is 0.0495. The fourth-order valence-electron chi connectivity index (χ4n) is 6.27. The van der Waals surface area contributed by atoms with Crippen molar-refractivity contribution >= 4 is 5.71 Å². The van der Waals surface area contributed by atoms with Gasteiger partial charge < -0.3 is 5.21 Å². The Labute approximate surface area is 77.0 Å². The van der Waals surface area contributed by atoms with Crippen molar-refractivity contribution in [2.45, 2.75) is 12.8 Å². The fraction of sp³-hybridized carbons (Fsp3) is 0.909. The first-order valence-electron chi connectivity index (χ1n) is 5.63. The Hall–Kier alpha value is -0.530. The minimum Gasteiger partial charge on any atom is -0.411 e. The van der Waals surface area contributed by atoms with E-state index in [0.717, 1.165) is 47.3 Å². The van der Waals surface area contributed by atoms with Gasteiger partial charge in [0.2, 0.25) is 0 Å². The molecule has 8 unspecified atom stereocenters. The van der Waals surface area contributed by atoms with Gasteiger partial charge in [-0.25, -0.2) is 0 Å². The molecule has 5 fully saturated rings. The first kappa shape index (κ1) is 6.05. The van der Waals surface area contributed by atoms with Crippen LogP contribution >= 0.6 is 0 Å². The van der Waals surface area contributed by atoms with Crippen LogP contribution in [0.15, 0.2) is 5.16 Å². The summed E-state index contributed by atoms with van der Waals surface area (Å²) in [7, 11) is 0. The zero-order valence-corrected chi connectivity index (χ0v) is 7.43. The Morgan fingerprint density at radius 2 is 1.69 bits per heavy atom. The molecular formula is C11H13NO. The average molecular weight is 175 g/mol. The first-order chi connectivity index (χ1) is 6.42. The van der Waals surface area contributed by atoms with E-state index >= 15 is 0 Å². The molecule has 0 aromatic heterocycles. The van der Waals surface area contributed by atoms with Crippen LogP contribution in [0.4, 0.5) is 0 Å². The number of hydrogen-bond acceptors (Lipinski definition) is 2. The van der Waals surface area contributed by atoms with Gasteiger partial charge in [-0.05, 0) is 48.3 Å². The van der Waals surface area contributed by atoms with Crippen LogP contribution in [-0.4, -0.2) is 10.9 Å². The summed E-state index contributed by atoms with van der Waals surface area (Å²) >= 11 is 0. The predicted octanol–water partition coefficient (Wildman–Crippen LogP) is 1.59. The minimum atomic E-state index is 0.736. The summed E-state index contributed by atoms with van der Waals surface area (Å²) in [4.78, 5) is 0. The fourth-order valence-corrected chi connectivity index (χ4v) is 6.27. The summed E-state index contributed by atoms with van der Waals surface area (Å²) in [5.74, 6) is 7.44. The number of hydrogen-bond donors (Lipinski definition) is 1. The van der Waals surface area contributed by atoms with E-state index in [2.05, 4.69) is 5.16 Å². The van der Waals surface area contributed by atoms with Crippen molar-refractivity contribution in [3.05, 3.63) is 0 Å². The van der Waals surface area contributed by atoms with Crippen molar-refractivity contribution in [2.75, 3.05) is 0 Å². The van der Waals surface area contributed by atoms with E-state index in [1.54, 1.807) is 0 Å². The van der Waals surface area contributed by atoms with Crippen molar-refractivity contribution in [3.8, 4) is 0 Å². The molecule has 0 aromatic carbocycles. The van der Waals surface area contributed by atoms with Crippen LogP contribution in [0.5, 0.6) is 0 Å². The largest absolute Gasteiger partial charge is 0.411 e. The number of oxime groups is 1. The summed E-state index contributed by atoms with van der Waals surface area (Å²) in [5.41, 5.74) is 1.23. The van der Waals surface area contributed by atoms with Gasteiger partial charge in [0.15, 0.2) is 0 Å². The van der Waals surface area contributed by atoms with E-state index < -0.39 is 0 Å². The normalized spacial score (nSPS) is 77.1. The molecule has 2 heteroatoms. The molecule has 2 bridgehead atoms. The lowest BCUT2D eigenvalue weighted by Crippen LogP contribution is -2.44. The number of nitrogens with zero attached hydrogens (tertiary/aromatic N) is 1. The lowest BCUT2D eigenvalue weighted by atomic mass is 9.59. The molecule has 1 N–H and O–H groups in total. The van der Waals surface area contributed by atoms with Crippen LogP contribution in [-0.2, 0) is 0 Å². The zero-order valence-electron chi connectivity index (χ0n) is 7.43. The van der Waals surface area contributed by atoms with E-state index in [0.29, 0.717) is 0 Å². The minimum absolute atomic E-state index is 0.736. The van der Waals surface area contributed by atoms with Crippen LogP contribution in [0.25, 0.3) is 0 Å². The molecule has 5 saturated carbocycles. The van der Waals surface area contributed by atoms with Crippen molar-refractivity contribution in [3.63, 3.8) is 0 Å². The number of rotatable bonds is 0. The summed E-state index contributed by atoms with van der Waals surface area (Å²) in [6.07, 6.45) is 2.97. The highest BCUT2D eigenvalue weighted by molar-refractivity contribution is 5.95. The molecule has 0 spiro atoms. The second-order valence-electron chi connectivity index (χ2n) is 5.86. The molecule has 5 aliphatic rings. The standard InChI is InChI=1S/C11H13NO/c13-12-11-8-4-2-5-7-3(4)1-6(8)9(7)10(5)11/h3-10,13H,1-2H2. The molecule has 68 valence electrons. The third-order valence-electron chi connectivity index (χ3n) is 6.16. The van der Waals surface area contributed by atoms with E-state index in [9.17, 15) is 0 Å². The van der Waals surface area contributed by atoms with E-state index in [4.69, 9.17) is 5.21 Å². The maximum absolute atomic E-state index is 9.07. The van der Waals surface area contributed by atoms with E-state index in [1.807, 2.05) is 0 Å². The van der Waals surface area contributed by atoms with Crippen LogP contribution < -0.4 is 0 Å². The Bertz CT molecular complexity index is 344. The SMILES string of the molecule is ON=C1C2C3CC4C1C1C2CC3C41. The monoisotopic (exact) mass is 175 g/mol. The summed E-state index contributed by atoms with van der Waals surface area (Å²) in [6, 6.07) is 0. The quantitative estimate of drug-likeness (QED) is 0.440. The van der Waals surface area contributed by atoms with E-state index in [1.165, 1.54) is 18.6 Å². The molecule has 8 atom stereocenters. The second-order valence-corrected chi connectivity index (χ2v) is 5.86. The molecule has 0 saturated heterocycles. The zero-order chi connectivity index (χ0) is 8.32. The van der Waals surface area contributed by atoms with Crippen LogP contribution in [0.3, 0.4) is 0 Å². The Morgan fingerprint density at radius 3 is 2.54 bits per heavy atom. The van der Waals surface area contributed by atoms with Gasteiger partial charge in [0.1, 0.15) is 0 Å². The highest BCUT2D eigenvalue weighted by Gasteiger charge is 2.79. The highest BCUT2D eigenvalue weighted by atomic mass is 16.4. The molecule has 2 nitrogen and oxygen atoms in total. The highest BCUT2D eigenvalue weighted by Crippen LogP contribution is 2.81. The Balaban J connectivity index is 1.85. The Morgan fingerprint density at radius 1 is 0.923 bits per heavy atom. The maximum atomic E-state index is 9.07. The van der Waals surface area contributed by atoms with Gasteiger partial charge in [-0.1, -0.05) is 5.16 Å². The average Bonchev–Trinajstić information content (AvgIpc) is 2.61. The number of fused-ring (bicyclic) bond motifs is 2. The second kappa shape index (κ2) is 1.45. The third kappa shape index (κ3) is 0.360. The van der Waals surface area contributed by atoms with Crippen molar-refractivity contribution in [1.82, 2.24) is 0 Å². The molecule has 0 radical (unpaired) electrons. The molecule has 0 amide bonds. The first-order valence-corrected chi connectivity index (χ1v) is 5.63. The third-order valence-corrected chi connectivity index (χ3v) is 6.16. The van der Waals surface area contributed by atoms with Gasteiger partial charge >= 0.3 is 0 Å². The molecule has 0 aromatic rings. The summed E-state index contributed by atoms with van der Waals surface area (Å²) in [5, 5.41) is 12.7. The van der Waals surface area contributed by atoms with Crippen LogP contribution in [0.1, 0.15) is 12.8 Å². The van der Waals surface area contributed by atoms with Gasteiger partial charge in [-0.2, -0.15) is 0 Å². The van der Waals surface area contributed by atoms with Crippen molar-refractivity contribution in [2.24, 2.45) is 52.5 Å². The summed E-state index contributed by atoms with van der Waals surface area (Å²) in [6.45, 7) is 0. The van der Waals surface area contributed by atoms with Gasteiger partial charge in [-0.15, -0.1) is 0 Å². The topological polar surface area (TPSA) is 32.6 Å². The molecular weight excluding hydrogens is 162 g/mol. The van der Waals surface area contributed by atoms with Crippen molar-refractivity contribution in [1.29, 1.82) is 0 Å². The Kier molecular flexibility index (Phi) is 0.674. The molecule has 0 heterocycles. The van der Waals surface area contributed by atoms with Crippen LogP contribution in [0.2, 0.25) is 0 Å². The van der Waals surface area contributed by atoms with Gasteiger partial charge in [-0.3, -0.25) is 0 Å². The van der Waals surface area contributed by atoms with Crippen molar-refractivity contribution < 1.29 is 5.21 Å². The molecule has 0 aliphatic heterocycles. The van der Waals surface area contributed by atoms with Crippen LogP contribution in [0, 0.1) is 47.3 Å². The summed E-state index contributed by atoms with van der Waals surface area (Å²) < 4.78 is 0. The molecule has 13 heavy (non-hydrogen) atoms. The maximum Gasteiger partial charge on any atom is 0.0644 e. The lowest BCUT2D eigenvalue weighted by Gasteiger charge is -2.44. The van der Waals surface area contributed by atoms with Gasteiger partial charge in [0.25, 0.3) is 0 Å². The smallest absolute Gasteiger partial charge is 0.0644 e. The predicted molar refractivity (Wildman–Crippen MR) is 46.4 cm³/mol. The molecule has 5 aliphatic carbocycles. The van der Waals surface area contributed by atoms with Gasteiger partial charge in [0, 0.05) is 11.8 Å². The molecule has 5 rings (SSSR count).